The summed E-state index contributed by atoms with van der Waals surface area (Å²) in [7, 11) is 1.64. The molecule has 4 aromatic rings. The molecule has 0 spiro atoms. The number of hydrogen-bond acceptors (Lipinski definition) is 9. The van der Waals surface area contributed by atoms with E-state index < -0.39 is 0 Å². The maximum Gasteiger partial charge on any atom is 0.341 e. The number of ether oxygens (including phenoxy) is 2. The molecule has 2 N–H and O–H groups in total. The molecule has 1 aliphatic rings. The number of carbonyl (C=O) groups is 2. The van der Waals surface area contributed by atoms with E-state index in [9.17, 15) is 9.59 Å². The summed E-state index contributed by atoms with van der Waals surface area (Å²) in [5.74, 6) is 1.47. The van der Waals surface area contributed by atoms with E-state index in [1.807, 2.05) is 59.2 Å². The molecular weight excluding hydrogens is 558 g/mol. The minimum atomic E-state index is -0.359. The van der Waals surface area contributed by atoms with E-state index in [0.29, 0.717) is 34.6 Å². The van der Waals surface area contributed by atoms with Crippen molar-refractivity contribution in [1.29, 1.82) is 0 Å². The Morgan fingerprint density at radius 2 is 1.83 bits per heavy atom. The Hall–Kier alpha value is -3.83. The third kappa shape index (κ3) is 6.74. The zero-order valence-electron chi connectivity index (χ0n) is 23.1. The first-order valence-corrected chi connectivity index (χ1v) is 15.5. The van der Waals surface area contributed by atoms with Crippen molar-refractivity contribution in [3.05, 3.63) is 76.4 Å². The molecule has 214 valence electrons. The van der Waals surface area contributed by atoms with Crippen LogP contribution in [0.4, 0.5) is 10.7 Å². The lowest BCUT2D eigenvalue weighted by molar-refractivity contribution is -0.115. The van der Waals surface area contributed by atoms with Crippen molar-refractivity contribution >= 4 is 45.7 Å². The lowest BCUT2D eigenvalue weighted by Crippen LogP contribution is -2.16. The Morgan fingerprint density at radius 1 is 1.05 bits per heavy atom. The normalized spacial score (nSPS) is 12.4. The molecule has 2 aromatic heterocycles. The van der Waals surface area contributed by atoms with Crippen molar-refractivity contribution in [3.63, 3.8) is 0 Å². The quantitative estimate of drug-likeness (QED) is 0.150. The SMILES string of the molecule is CCOC(=O)c1c(NC(=O)CCSc2nnc(CNc3ccccc3OC)n2-c2ccccc2)sc2c1CCCC2. The van der Waals surface area contributed by atoms with E-state index in [4.69, 9.17) is 9.47 Å². The zero-order chi connectivity index (χ0) is 28.6. The number of hydrogen-bond donors (Lipinski definition) is 2. The van der Waals surface area contributed by atoms with Gasteiger partial charge in [-0.3, -0.25) is 9.36 Å². The highest BCUT2D eigenvalue weighted by molar-refractivity contribution is 7.99. The van der Waals surface area contributed by atoms with E-state index in [1.165, 1.54) is 28.0 Å². The number of para-hydroxylation sites is 3. The maximum absolute atomic E-state index is 13.0. The van der Waals surface area contributed by atoms with E-state index >= 15 is 0 Å². The molecule has 0 aliphatic heterocycles. The first kappa shape index (κ1) is 28.7. The van der Waals surface area contributed by atoms with Crippen LogP contribution in [0.1, 0.15) is 52.8 Å². The molecule has 41 heavy (non-hydrogen) atoms. The topological polar surface area (TPSA) is 107 Å². The van der Waals surface area contributed by atoms with Gasteiger partial charge in [0.2, 0.25) is 5.91 Å². The Bertz CT molecular complexity index is 1500. The number of rotatable bonds is 12. The molecule has 0 bridgehead atoms. The van der Waals surface area contributed by atoms with Crippen molar-refractivity contribution in [2.45, 2.75) is 50.7 Å². The van der Waals surface area contributed by atoms with E-state index in [0.717, 1.165) is 54.2 Å². The number of nitrogens with zero attached hydrogens (tertiary/aromatic N) is 3. The fourth-order valence-corrected chi connectivity index (χ4v) is 7.01. The number of esters is 1. The summed E-state index contributed by atoms with van der Waals surface area (Å²) in [6.45, 7) is 2.52. The van der Waals surface area contributed by atoms with Crippen molar-refractivity contribution in [2.24, 2.45) is 0 Å². The summed E-state index contributed by atoms with van der Waals surface area (Å²) in [4.78, 5) is 26.9. The van der Waals surface area contributed by atoms with Gasteiger partial charge in [-0.05, 0) is 62.4 Å². The number of aryl methyl sites for hydroxylation is 1. The fourth-order valence-electron chi connectivity index (χ4n) is 4.81. The van der Waals surface area contributed by atoms with Crippen LogP contribution in [0.2, 0.25) is 0 Å². The van der Waals surface area contributed by atoms with Crippen LogP contribution in [0.15, 0.2) is 59.8 Å². The molecule has 0 saturated heterocycles. The number of thioether (sulfide) groups is 1. The van der Waals surface area contributed by atoms with Gasteiger partial charge in [0.1, 0.15) is 10.8 Å². The number of thiophene rings is 1. The molecular formula is C30H33N5O4S2. The average Bonchev–Trinajstić information content (AvgIpc) is 3.57. The number of carbonyl (C=O) groups excluding carboxylic acids is 2. The fraction of sp³-hybridized carbons (Fsp3) is 0.333. The lowest BCUT2D eigenvalue weighted by Gasteiger charge is -2.13. The predicted molar refractivity (Wildman–Crippen MR) is 163 cm³/mol. The van der Waals surface area contributed by atoms with Gasteiger partial charge in [-0.1, -0.05) is 42.1 Å². The molecule has 11 heteroatoms. The number of fused-ring (bicyclic) bond motifs is 1. The molecule has 1 amide bonds. The highest BCUT2D eigenvalue weighted by atomic mass is 32.2. The molecule has 1 aliphatic carbocycles. The zero-order valence-corrected chi connectivity index (χ0v) is 24.8. The first-order chi connectivity index (χ1) is 20.1. The molecule has 0 atom stereocenters. The van der Waals surface area contributed by atoms with Crippen LogP contribution in [0.25, 0.3) is 5.69 Å². The first-order valence-electron chi connectivity index (χ1n) is 13.7. The number of amides is 1. The maximum atomic E-state index is 13.0. The largest absolute Gasteiger partial charge is 0.495 e. The van der Waals surface area contributed by atoms with Crippen LogP contribution in [-0.4, -0.2) is 46.1 Å². The van der Waals surface area contributed by atoms with Crippen LogP contribution in [0.3, 0.4) is 0 Å². The second-order valence-corrected chi connectivity index (χ2v) is 11.6. The highest BCUT2D eigenvalue weighted by Crippen LogP contribution is 2.38. The van der Waals surface area contributed by atoms with E-state index in [1.54, 1.807) is 14.0 Å². The summed E-state index contributed by atoms with van der Waals surface area (Å²) in [6.07, 6.45) is 4.17. The summed E-state index contributed by atoms with van der Waals surface area (Å²) >= 11 is 2.97. The van der Waals surface area contributed by atoms with Gasteiger partial charge in [0.05, 0.1) is 31.5 Å². The van der Waals surface area contributed by atoms with Crippen molar-refractivity contribution in [3.8, 4) is 11.4 Å². The number of nitrogens with one attached hydrogen (secondary N) is 2. The standard InChI is InChI=1S/C30H33N5O4S2/c1-3-39-29(37)27-21-13-7-10-16-24(21)41-28(27)32-26(36)17-18-40-30-34-33-25(35(30)20-11-5-4-6-12-20)19-31-22-14-8-9-15-23(22)38-2/h4-6,8-9,11-12,14-15,31H,3,7,10,13,16-19H2,1-2H3,(H,32,36). The van der Waals surface area contributed by atoms with E-state index in [-0.39, 0.29) is 18.3 Å². The average molecular weight is 592 g/mol. The third-order valence-electron chi connectivity index (χ3n) is 6.72. The van der Waals surface area contributed by atoms with Crippen molar-refractivity contribution in [2.75, 3.05) is 30.1 Å². The van der Waals surface area contributed by atoms with Crippen LogP contribution in [0, 0.1) is 0 Å². The predicted octanol–water partition coefficient (Wildman–Crippen LogP) is 6.13. The Balaban J connectivity index is 1.27. The molecule has 0 unspecified atom stereocenters. The Labute approximate surface area is 247 Å². The summed E-state index contributed by atoms with van der Waals surface area (Å²) in [5, 5.41) is 16.6. The minimum absolute atomic E-state index is 0.148. The van der Waals surface area contributed by atoms with Crippen molar-refractivity contribution < 1.29 is 19.1 Å². The number of aromatic nitrogens is 3. The minimum Gasteiger partial charge on any atom is -0.495 e. The Kier molecular flexibility index (Phi) is 9.58. The lowest BCUT2D eigenvalue weighted by atomic mass is 9.95. The Morgan fingerprint density at radius 3 is 2.63 bits per heavy atom. The monoisotopic (exact) mass is 591 g/mol. The van der Waals surface area contributed by atoms with Crippen molar-refractivity contribution in [1.82, 2.24) is 14.8 Å². The van der Waals surface area contributed by atoms with Crippen LogP contribution >= 0.6 is 23.1 Å². The molecule has 9 nitrogen and oxygen atoms in total. The van der Waals surface area contributed by atoms with Gasteiger partial charge >= 0.3 is 5.97 Å². The van der Waals surface area contributed by atoms with Crippen LogP contribution in [-0.2, 0) is 28.9 Å². The van der Waals surface area contributed by atoms with E-state index in [2.05, 4.69) is 20.8 Å². The van der Waals surface area contributed by atoms with Gasteiger partial charge < -0.3 is 20.1 Å². The molecule has 0 radical (unpaired) electrons. The molecule has 2 heterocycles. The van der Waals surface area contributed by atoms with Gasteiger partial charge in [0.15, 0.2) is 11.0 Å². The molecule has 0 saturated carbocycles. The van der Waals surface area contributed by atoms with Gasteiger partial charge in [0.25, 0.3) is 0 Å². The summed E-state index contributed by atoms with van der Waals surface area (Å²) in [5.41, 5.74) is 3.36. The third-order valence-corrected chi connectivity index (χ3v) is 8.86. The molecule has 5 rings (SSSR count). The smallest absolute Gasteiger partial charge is 0.341 e. The van der Waals surface area contributed by atoms with Crippen LogP contribution < -0.4 is 15.4 Å². The molecule has 2 aromatic carbocycles. The van der Waals surface area contributed by atoms with Crippen LogP contribution in [0.5, 0.6) is 5.75 Å². The highest BCUT2D eigenvalue weighted by Gasteiger charge is 2.27. The summed E-state index contributed by atoms with van der Waals surface area (Å²) < 4.78 is 12.8. The number of anilines is 2. The number of benzene rings is 2. The van der Waals surface area contributed by atoms with Gasteiger partial charge in [-0.25, -0.2) is 4.79 Å². The van der Waals surface area contributed by atoms with Gasteiger partial charge in [-0.2, -0.15) is 0 Å². The van der Waals surface area contributed by atoms with Gasteiger partial charge in [-0.15, -0.1) is 21.5 Å². The molecule has 0 fully saturated rings. The number of methoxy groups -OCH3 is 1. The summed E-state index contributed by atoms with van der Waals surface area (Å²) in [6, 6.07) is 17.6. The second kappa shape index (κ2) is 13.7. The van der Waals surface area contributed by atoms with Gasteiger partial charge in [0, 0.05) is 22.7 Å². The second-order valence-electron chi connectivity index (χ2n) is 9.41.